The van der Waals surface area contributed by atoms with Gasteiger partial charge in [-0.1, -0.05) is 118 Å². The second kappa shape index (κ2) is 10.8. The van der Waals surface area contributed by atoms with Crippen LogP contribution in [0.5, 0.6) is 0 Å². The lowest BCUT2D eigenvalue weighted by atomic mass is 9.96. The lowest BCUT2D eigenvalue weighted by molar-refractivity contribution is 0.468. The standard InChI is InChI=1S/C31H36N2/c1(4-12-25-14-10-11-15-25)5-13-26-20-22-27(23-21-26)30-24-31(28-16-6-2-7-17-28)33(32-30)29-18-8-3-9-19-29/h2-3,6-9,16-23,25,31H,1,4-5,10-15,24H2. The highest BCUT2D eigenvalue weighted by Gasteiger charge is 2.29. The van der Waals surface area contributed by atoms with Crippen LogP contribution in [0.2, 0.25) is 0 Å². The van der Waals surface area contributed by atoms with E-state index in [0.717, 1.165) is 18.0 Å². The molecule has 0 radical (unpaired) electrons. The van der Waals surface area contributed by atoms with E-state index >= 15 is 0 Å². The average Bonchev–Trinajstić information content (AvgIpc) is 3.56. The Labute approximate surface area is 199 Å². The van der Waals surface area contributed by atoms with Gasteiger partial charge < -0.3 is 0 Å². The number of anilines is 1. The second-order valence-corrected chi connectivity index (χ2v) is 9.80. The van der Waals surface area contributed by atoms with Crippen LogP contribution in [0, 0.1) is 5.92 Å². The van der Waals surface area contributed by atoms with Crippen molar-refractivity contribution >= 4 is 11.4 Å². The minimum absolute atomic E-state index is 0.239. The minimum Gasteiger partial charge on any atom is -0.257 e. The summed E-state index contributed by atoms with van der Waals surface area (Å²) < 4.78 is 0. The smallest absolute Gasteiger partial charge is 0.0831 e. The molecule has 170 valence electrons. The van der Waals surface area contributed by atoms with Crippen molar-refractivity contribution in [1.82, 2.24) is 0 Å². The van der Waals surface area contributed by atoms with Crippen LogP contribution in [-0.2, 0) is 6.42 Å². The maximum atomic E-state index is 5.09. The summed E-state index contributed by atoms with van der Waals surface area (Å²) >= 11 is 0. The fraction of sp³-hybridized carbons (Fsp3) is 0.387. The molecule has 0 amide bonds. The first kappa shape index (κ1) is 21.9. The van der Waals surface area contributed by atoms with Crippen molar-refractivity contribution in [2.75, 3.05) is 5.01 Å². The fourth-order valence-electron chi connectivity index (χ4n) is 5.54. The molecule has 1 unspecified atom stereocenters. The van der Waals surface area contributed by atoms with Crippen LogP contribution in [0.25, 0.3) is 0 Å². The third-order valence-corrected chi connectivity index (χ3v) is 7.46. The quantitative estimate of drug-likeness (QED) is 0.308. The first-order chi connectivity index (χ1) is 16.4. The van der Waals surface area contributed by atoms with Gasteiger partial charge in [0, 0.05) is 6.42 Å². The number of hydrogen-bond acceptors (Lipinski definition) is 2. The maximum absolute atomic E-state index is 5.09. The predicted octanol–water partition coefficient (Wildman–Crippen LogP) is 8.34. The fourth-order valence-corrected chi connectivity index (χ4v) is 5.54. The molecule has 0 aromatic heterocycles. The third kappa shape index (κ3) is 5.55. The molecule has 3 aromatic carbocycles. The number of hydrazone groups is 1. The van der Waals surface area contributed by atoms with E-state index in [2.05, 4.69) is 89.9 Å². The Kier molecular flexibility index (Phi) is 7.20. The summed E-state index contributed by atoms with van der Waals surface area (Å²) in [6.07, 6.45) is 13.6. The van der Waals surface area contributed by atoms with Crippen molar-refractivity contribution in [1.29, 1.82) is 0 Å². The maximum Gasteiger partial charge on any atom is 0.0831 e. The SMILES string of the molecule is c1ccc(C2CC(c3ccc(CCCCCC4CCCC4)cc3)=NN2c2ccccc2)cc1. The molecule has 0 bridgehead atoms. The van der Waals surface area contributed by atoms with Gasteiger partial charge in [-0.3, -0.25) is 5.01 Å². The van der Waals surface area contributed by atoms with Gasteiger partial charge in [0.25, 0.3) is 0 Å². The predicted molar refractivity (Wildman–Crippen MR) is 140 cm³/mol. The zero-order valence-electron chi connectivity index (χ0n) is 19.7. The van der Waals surface area contributed by atoms with Crippen molar-refractivity contribution in [3.05, 3.63) is 102 Å². The normalized spacial score (nSPS) is 18.6. The van der Waals surface area contributed by atoms with E-state index in [1.807, 2.05) is 0 Å². The van der Waals surface area contributed by atoms with Crippen molar-refractivity contribution < 1.29 is 0 Å². The summed E-state index contributed by atoms with van der Waals surface area (Å²) in [7, 11) is 0. The van der Waals surface area contributed by atoms with Gasteiger partial charge in [-0.25, -0.2) is 0 Å². The summed E-state index contributed by atoms with van der Waals surface area (Å²) in [4.78, 5) is 0. The largest absolute Gasteiger partial charge is 0.257 e. The van der Waals surface area contributed by atoms with Gasteiger partial charge in [-0.05, 0) is 47.6 Å². The lowest BCUT2D eigenvalue weighted by Crippen LogP contribution is -2.18. The van der Waals surface area contributed by atoms with Crippen LogP contribution >= 0.6 is 0 Å². The molecule has 1 fully saturated rings. The molecular weight excluding hydrogens is 400 g/mol. The van der Waals surface area contributed by atoms with Crippen LogP contribution in [0.1, 0.15) is 80.5 Å². The molecule has 2 heteroatoms. The first-order valence-electron chi connectivity index (χ1n) is 12.9. The second-order valence-electron chi connectivity index (χ2n) is 9.80. The molecule has 0 saturated heterocycles. The van der Waals surface area contributed by atoms with E-state index in [1.165, 1.54) is 80.2 Å². The van der Waals surface area contributed by atoms with Crippen LogP contribution in [0.4, 0.5) is 5.69 Å². The van der Waals surface area contributed by atoms with Crippen molar-refractivity contribution in [2.45, 2.75) is 70.3 Å². The molecule has 1 atom stereocenters. The van der Waals surface area contributed by atoms with Gasteiger partial charge in [0.05, 0.1) is 17.4 Å². The molecule has 1 aliphatic heterocycles. The Balaban J connectivity index is 1.22. The van der Waals surface area contributed by atoms with E-state index in [0.29, 0.717) is 0 Å². The minimum atomic E-state index is 0.239. The molecule has 1 saturated carbocycles. The van der Waals surface area contributed by atoms with Gasteiger partial charge in [0.15, 0.2) is 0 Å². The number of rotatable bonds is 9. The zero-order chi connectivity index (χ0) is 22.3. The number of aryl methyl sites for hydroxylation is 1. The van der Waals surface area contributed by atoms with Gasteiger partial charge in [-0.2, -0.15) is 5.10 Å². The summed E-state index contributed by atoms with van der Waals surface area (Å²) in [5.74, 6) is 1.03. The molecule has 2 aliphatic rings. The third-order valence-electron chi connectivity index (χ3n) is 7.46. The molecule has 0 spiro atoms. The molecule has 3 aromatic rings. The summed E-state index contributed by atoms with van der Waals surface area (Å²) in [5, 5.41) is 7.29. The number of nitrogens with zero attached hydrogens (tertiary/aromatic N) is 2. The first-order valence-corrected chi connectivity index (χ1v) is 12.9. The Morgan fingerprint density at radius 3 is 2.15 bits per heavy atom. The van der Waals surface area contributed by atoms with Gasteiger partial charge >= 0.3 is 0 Å². The monoisotopic (exact) mass is 436 g/mol. The van der Waals surface area contributed by atoms with E-state index < -0.39 is 0 Å². The van der Waals surface area contributed by atoms with E-state index in [9.17, 15) is 0 Å². The number of benzene rings is 3. The topological polar surface area (TPSA) is 15.6 Å². The molecular formula is C31H36N2. The van der Waals surface area contributed by atoms with Crippen molar-refractivity contribution in [2.24, 2.45) is 11.0 Å². The number of para-hydroxylation sites is 1. The number of unbranched alkanes of at least 4 members (excludes halogenated alkanes) is 2. The summed E-state index contributed by atoms with van der Waals surface area (Å²) in [6, 6.07) is 30.7. The molecule has 5 rings (SSSR count). The Morgan fingerprint density at radius 2 is 1.42 bits per heavy atom. The average molecular weight is 437 g/mol. The van der Waals surface area contributed by atoms with Crippen molar-refractivity contribution in [3.8, 4) is 0 Å². The zero-order valence-corrected chi connectivity index (χ0v) is 19.7. The highest BCUT2D eigenvalue weighted by atomic mass is 15.5. The Hall–Kier alpha value is -2.87. The Bertz CT molecular complexity index is 1020. The molecule has 33 heavy (non-hydrogen) atoms. The molecule has 0 N–H and O–H groups in total. The molecule has 2 nitrogen and oxygen atoms in total. The van der Waals surface area contributed by atoms with Crippen LogP contribution in [0.3, 0.4) is 0 Å². The van der Waals surface area contributed by atoms with Crippen LogP contribution < -0.4 is 5.01 Å². The van der Waals surface area contributed by atoms with Gasteiger partial charge in [-0.15, -0.1) is 0 Å². The Morgan fingerprint density at radius 1 is 0.727 bits per heavy atom. The van der Waals surface area contributed by atoms with Crippen LogP contribution in [0.15, 0.2) is 90.0 Å². The van der Waals surface area contributed by atoms with Crippen molar-refractivity contribution in [3.63, 3.8) is 0 Å². The highest BCUT2D eigenvalue weighted by Crippen LogP contribution is 2.36. The molecule has 1 heterocycles. The van der Waals surface area contributed by atoms with E-state index in [-0.39, 0.29) is 6.04 Å². The van der Waals surface area contributed by atoms with Gasteiger partial charge in [0.2, 0.25) is 0 Å². The van der Waals surface area contributed by atoms with E-state index in [4.69, 9.17) is 5.10 Å². The lowest BCUT2D eigenvalue weighted by Gasteiger charge is -2.23. The summed E-state index contributed by atoms with van der Waals surface area (Å²) in [5.41, 5.74) is 6.35. The molecule has 1 aliphatic carbocycles. The van der Waals surface area contributed by atoms with E-state index in [1.54, 1.807) is 0 Å². The number of hydrogen-bond donors (Lipinski definition) is 0. The van der Waals surface area contributed by atoms with Crippen LogP contribution in [-0.4, -0.2) is 5.71 Å². The van der Waals surface area contributed by atoms with Gasteiger partial charge in [0.1, 0.15) is 0 Å². The summed E-state index contributed by atoms with van der Waals surface area (Å²) in [6.45, 7) is 0. The highest BCUT2D eigenvalue weighted by molar-refractivity contribution is 6.03.